The van der Waals surface area contributed by atoms with E-state index in [-0.39, 0.29) is 6.61 Å². The zero-order chi connectivity index (χ0) is 11.5. The van der Waals surface area contributed by atoms with Crippen molar-refractivity contribution in [3.05, 3.63) is 35.9 Å². The number of ether oxygens (including phenoxy) is 2. The quantitative estimate of drug-likeness (QED) is 0.859. The van der Waals surface area contributed by atoms with Crippen LogP contribution in [0.15, 0.2) is 30.3 Å². The molecule has 2 aromatic rings. The molecule has 0 aliphatic rings. The van der Waals surface area contributed by atoms with Crippen molar-refractivity contribution in [1.82, 2.24) is 0 Å². The zero-order valence-corrected chi connectivity index (χ0v) is 9.36. The Balaban J connectivity index is 2.69. The van der Waals surface area contributed by atoms with Crippen molar-refractivity contribution in [2.24, 2.45) is 0 Å². The molecular formula is C13H14O3. The van der Waals surface area contributed by atoms with E-state index in [4.69, 9.17) is 9.47 Å². The first-order valence-electron chi connectivity index (χ1n) is 5.04. The molecule has 2 aromatic carbocycles. The van der Waals surface area contributed by atoms with Crippen LogP contribution < -0.4 is 9.47 Å². The van der Waals surface area contributed by atoms with Gasteiger partial charge in [0.25, 0.3) is 0 Å². The van der Waals surface area contributed by atoms with Gasteiger partial charge in [0.05, 0.1) is 20.8 Å². The molecule has 0 aliphatic heterocycles. The molecule has 0 fully saturated rings. The van der Waals surface area contributed by atoms with E-state index >= 15 is 0 Å². The largest absolute Gasteiger partial charge is 0.497 e. The van der Waals surface area contributed by atoms with Crippen LogP contribution >= 0.6 is 0 Å². The highest BCUT2D eigenvalue weighted by molar-refractivity contribution is 5.88. The molecule has 0 saturated carbocycles. The Kier molecular flexibility index (Phi) is 2.97. The second kappa shape index (κ2) is 4.41. The van der Waals surface area contributed by atoms with Gasteiger partial charge in [-0.2, -0.15) is 0 Å². The maximum Gasteiger partial charge on any atom is 0.125 e. The second-order valence-electron chi connectivity index (χ2n) is 3.49. The normalized spacial score (nSPS) is 10.4. The number of rotatable bonds is 3. The molecule has 3 nitrogen and oxygen atoms in total. The molecule has 0 amide bonds. The molecule has 84 valence electrons. The van der Waals surface area contributed by atoms with Crippen molar-refractivity contribution in [3.8, 4) is 11.5 Å². The summed E-state index contributed by atoms with van der Waals surface area (Å²) in [4.78, 5) is 0. The first-order chi connectivity index (χ1) is 7.80. The van der Waals surface area contributed by atoms with Crippen molar-refractivity contribution >= 4 is 10.8 Å². The molecule has 0 radical (unpaired) electrons. The highest BCUT2D eigenvalue weighted by Gasteiger charge is 2.07. The Morgan fingerprint density at radius 1 is 1.06 bits per heavy atom. The molecule has 0 bridgehead atoms. The minimum absolute atomic E-state index is 0.0349. The molecule has 3 heteroatoms. The lowest BCUT2D eigenvalue weighted by atomic mass is 10.0. The van der Waals surface area contributed by atoms with E-state index in [0.717, 1.165) is 22.1 Å². The van der Waals surface area contributed by atoms with Gasteiger partial charge in [-0.05, 0) is 29.0 Å². The van der Waals surface area contributed by atoms with Crippen LogP contribution in [-0.2, 0) is 6.61 Å². The highest BCUT2D eigenvalue weighted by Crippen LogP contribution is 2.30. The maximum absolute atomic E-state index is 9.36. The summed E-state index contributed by atoms with van der Waals surface area (Å²) < 4.78 is 10.4. The summed E-state index contributed by atoms with van der Waals surface area (Å²) in [7, 11) is 3.24. The number of hydrogen-bond donors (Lipinski definition) is 1. The van der Waals surface area contributed by atoms with Crippen LogP contribution in [0.1, 0.15) is 5.56 Å². The van der Waals surface area contributed by atoms with Crippen LogP contribution in [-0.4, -0.2) is 19.3 Å². The summed E-state index contributed by atoms with van der Waals surface area (Å²) >= 11 is 0. The van der Waals surface area contributed by atoms with Crippen molar-refractivity contribution in [2.45, 2.75) is 6.61 Å². The topological polar surface area (TPSA) is 38.7 Å². The van der Waals surface area contributed by atoms with Crippen LogP contribution in [0.5, 0.6) is 11.5 Å². The average molecular weight is 218 g/mol. The van der Waals surface area contributed by atoms with Crippen molar-refractivity contribution in [2.75, 3.05) is 14.2 Å². The van der Waals surface area contributed by atoms with Crippen LogP contribution in [0.25, 0.3) is 10.8 Å². The smallest absolute Gasteiger partial charge is 0.125 e. The van der Waals surface area contributed by atoms with Gasteiger partial charge in [0.2, 0.25) is 0 Å². The Bertz CT molecular complexity index is 506. The third kappa shape index (κ3) is 1.70. The number of fused-ring (bicyclic) bond motifs is 1. The van der Waals surface area contributed by atoms with Crippen molar-refractivity contribution in [1.29, 1.82) is 0 Å². The third-order valence-corrected chi connectivity index (χ3v) is 2.67. The number of methoxy groups -OCH3 is 2. The molecule has 0 spiro atoms. The lowest BCUT2D eigenvalue weighted by molar-refractivity contribution is 0.275. The van der Waals surface area contributed by atoms with Crippen molar-refractivity contribution < 1.29 is 14.6 Å². The van der Waals surface area contributed by atoms with Gasteiger partial charge < -0.3 is 14.6 Å². The van der Waals surface area contributed by atoms with Crippen LogP contribution in [0.4, 0.5) is 0 Å². The van der Waals surface area contributed by atoms with Gasteiger partial charge in [-0.15, -0.1) is 0 Å². The zero-order valence-electron chi connectivity index (χ0n) is 9.36. The molecule has 0 aliphatic carbocycles. The van der Waals surface area contributed by atoms with Crippen LogP contribution in [0, 0.1) is 0 Å². The first kappa shape index (κ1) is 10.8. The molecule has 16 heavy (non-hydrogen) atoms. The second-order valence-corrected chi connectivity index (χ2v) is 3.49. The Hall–Kier alpha value is -1.74. The lowest BCUT2D eigenvalue weighted by Gasteiger charge is -2.10. The predicted molar refractivity (Wildman–Crippen MR) is 63.0 cm³/mol. The van der Waals surface area contributed by atoms with E-state index in [2.05, 4.69) is 0 Å². The molecule has 2 rings (SSSR count). The van der Waals surface area contributed by atoms with Gasteiger partial charge in [-0.25, -0.2) is 0 Å². The summed E-state index contributed by atoms with van der Waals surface area (Å²) in [6, 6.07) is 9.56. The number of hydrogen-bond acceptors (Lipinski definition) is 3. The van der Waals surface area contributed by atoms with Crippen LogP contribution in [0.2, 0.25) is 0 Å². The number of benzene rings is 2. The average Bonchev–Trinajstić information content (AvgIpc) is 2.36. The molecular weight excluding hydrogens is 204 g/mol. The van der Waals surface area contributed by atoms with E-state index in [1.165, 1.54) is 0 Å². The molecule has 0 unspecified atom stereocenters. The summed E-state index contributed by atoms with van der Waals surface area (Å²) in [5.41, 5.74) is 0.808. The fraction of sp³-hybridized carbons (Fsp3) is 0.231. The number of aliphatic hydroxyl groups excluding tert-OH is 1. The van der Waals surface area contributed by atoms with Gasteiger partial charge in [-0.1, -0.05) is 12.1 Å². The Labute approximate surface area is 94.2 Å². The van der Waals surface area contributed by atoms with Crippen molar-refractivity contribution in [3.63, 3.8) is 0 Å². The summed E-state index contributed by atoms with van der Waals surface area (Å²) in [6.45, 7) is -0.0349. The third-order valence-electron chi connectivity index (χ3n) is 2.67. The van der Waals surface area contributed by atoms with E-state index < -0.39 is 0 Å². The summed E-state index contributed by atoms with van der Waals surface area (Å²) in [5.74, 6) is 1.52. The Morgan fingerprint density at radius 2 is 1.88 bits per heavy atom. The van der Waals surface area contributed by atoms with E-state index in [9.17, 15) is 5.11 Å². The molecule has 0 atom stereocenters. The van der Waals surface area contributed by atoms with Gasteiger partial charge in [-0.3, -0.25) is 0 Å². The van der Waals surface area contributed by atoms with Gasteiger partial charge in [0.15, 0.2) is 0 Å². The van der Waals surface area contributed by atoms with E-state index in [1.807, 2.05) is 30.3 Å². The summed E-state index contributed by atoms with van der Waals surface area (Å²) in [6.07, 6.45) is 0. The molecule has 0 saturated heterocycles. The fourth-order valence-electron chi connectivity index (χ4n) is 1.83. The highest BCUT2D eigenvalue weighted by atomic mass is 16.5. The molecule has 0 aromatic heterocycles. The minimum Gasteiger partial charge on any atom is -0.497 e. The van der Waals surface area contributed by atoms with Gasteiger partial charge in [0, 0.05) is 5.56 Å². The predicted octanol–water partition coefficient (Wildman–Crippen LogP) is 2.35. The fourth-order valence-corrected chi connectivity index (χ4v) is 1.83. The lowest BCUT2D eigenvalue weighted by Crippen LogP contribution is -1.93. The van der Waals surface area contributed by atoms with E-state index in [1.54, 1.807) is 14.2 Å². The Morgan fingerprint density at radius 3 is 2.50 bits per heavy atom. The molecule has 1 N–H and O–H groups in total. The maximum atomic E-state index is 9.36. The van der Waals surface area contributed by atoms with E-state index in [0.29, 0.717) is 5.75 Å². The van der Waals surface area contributed by atoms with Gasteiger partial charge >= 0.3 is 0 Å². The first-order valence-corrected chi connectivity index (χ1v) is 5.04. The SMILES string of the molecule is COc1ccc2c(CO)c(OC)ccc2c1. The standard InChI is InChI=1S/C13H14O3/c1-15-10-4-5-11-9(7-10)3-6-13(16-2)12(11)8-14/h3-7,14H,8H2,1-2H3. The van der Waals surface area contributed by atoms with Gasteiger partial charge in [0.1, 0.15) is 11.5 Å². The van der Waals surface area contributed by atoms with Crippen LogP contribution in [0.3, 0.4) is 0 Å². The minimum atomic E-state index is -0.0349. The monoisotopic (exact) mass is 218 g/mol. The molecule has 0 heterocycles. The number of aliphatic hydroxyl groups is 1. The summed E-state index contributed by atoms with van der Waals surface area (Å²) in [5, 5.41) is 11.4.